The van der Waals surface area contributed by atoms with Crippen molar-refractivity contribution in [2.75, 3.05) is 13.2 Å². The highest BCUT2D eigenvalue weighted by molar-refractivity contribution is 5.74. The van der Waals surface area contributed by atoms with Gasteiger partial charge in [0.15, 0.2) is 0 Å². The Hall–Kier alpha value is -1.55. The molecular formula is C19H28N2O2. The molecule has 126 valence electrons. The maximum Gasteiger partial charge on any atom is 0.315 e. The number of hydrogen-bond donors (Lipinski definition) is 2. The van der Waals surface area contributed by atoms with E-state index >= 15 is 0 Å². The van der Waals surface area contributed by atoms with Gasteiger partial charge < -0.3 is 15.4 Å². The molecule has 2 aliphatic rings. The number of carbonyl (C=O) groups excluding carboxylic acids is 1. The highest BCUT2D eigenvalue weighted by Gasteiger charge is 2.36. The van der Waals surface area contributed by atoms with E-state index in [9.17, 15) is 4.79 Å². The van der Waals surface area contributed by atoms with E-state index in [0.29, 0.717) is 18.6 Å². The Balaban J connectivity index is 1.42. The van der Waals surface area contributed by atoms with Gasteiger partial charge in [0.25, 0.3) is 0 Å². The van der Waals surface area contributed by atoms with Crippen molar-refractivity contribution in [1.29, 1.82) is 0 Å². The van der Waals surface area contributed by atoms with Gasteiger partial charge >= 0.3 is 6.03 Å². The van der Waals surface area contributed by atoms with Gasteiger partial charge in [-0.25, -0.2) is 4.79 Å². The van der Waals surface area contributed by atoms with Crippen molar-refractivity contribution >= 4 is 6.03 Å². The summed E-state index contributed by atoms with van der Waals surface area (Å²) in [5.41, 5.74) is 2.53. The molecule has 2 amide bonds. The summed E-state index contributed by atoms with van der Waals surface area (Å²) in [6, 6.07) is 8.67. The van der Waals surface area contributed by atoms with Gasteiger partial charge in [-0.15, -0.1) is 0 Å². The van der Waals surface area contributed by atoms with Gasteiger partial charge in [0.2, 0.25) is 0 Å². The first-order valence-electron chi connectivity index (χ1n) is 8.84. The summed E-state index contributed by atoms with van der Waals surface area (Å²) in [4.78, 5) is 12.1. The molecule has 4 nitrogen and oxygen atoms in total. The summed E-state index contributed by atoms with van der Waals surface area (Å²) < 4.78 is 5.81. The third-order valence-electron chi connectivity index (χ3n) is 4.98. The van der Waals surface area contributed by atoms with Crippen LogP contribution in [0.2, 0.25) is 0 Å². The van der Waals surface area contributed by atoms with E-state index in [1.54, 1.807) is 0 Å². The standard InChI is InChI=1S/C19H28N2O2/c1-13-4-3-5-16(10-13)14(2)12-20-19(22)21-17-8-9-23-18(11-17)15-6-7-15/h3-5,10,14-15,17-18H,6-9,11-12H2,1-2H3,(H2,20,21,22)/t14-,17+,18+/m1/s1. The predicted octanol–water partition coefficient (Wildman–Crippen LogP) is 3.36. The van der Waals surface area contributed by atoms with E-state index in [0.717, 1.165) is 25.4 Å². The van der Waals surface area contributed by atoms with Gasteiger partial charge in [0.05, 0.1) is 6.10 Å². The number of benzene rings is 1. The van der Waals surface area contributed by atoms with Crippen LogP contribution in [-0.2, 0) is 4.74 Å². The van der Waals surface area contributed by atoms with Crippen LogP contribution in [-0.4, -0.2) is 31.3 Å². The summed E-state index contributed by atoms with van der Waals surface area (Å²) in [7, 11) is 0. The first-order chi connectivity index (χ1) is 11.1. The molecule has 0 radical (unpaired) electrons. The zero-order valence-corrected chi connectivity index (χ0v) is 14.2. The second kappa shape index (κ2) is 7.35. The van der Waals surface area contributed by atoms with Gasteiger partial charge in [0, 0.05) is 19.2 Å². The number of urea groups is 1. The van der Waals surface area contributed by atoms with E-state index in [2.05, 4.69) is 48.7 Å². The normalized spacial score (nSPS) is 25.7. The predicted molar refractivity (Wildman–Crippen MR) is 91.6 cm³/mol. The van der Waals surface area contributed by atoms with Crippen LogP contribution in [0.3, 0.4) is 0 Å². The maximum atomic E-state index is 12.1. The minimum absolute atomic E-state index is 0.0500. The minimum Gasteiger partial charge on any atom is -0.378 e. The van der Waals surface area contributed by atoms with E-state index in [1.165, 1.54) is 24.0 Å². The Morgan fingerprint density at radius 1 is 1.35 bits per heavy atom. The van der Waals surface area contributed by atoms with E-state index in [-0.39, 0.29) is 12.1 Å². The Morgan fingerprint density at radius 3 is 2.91 bits per heavy atom. The Kier molecular flexibility index (Phi) is 5.21. The lowest BCUT2D eigenvalue weighted by molar-refractivity contribution is -0.00914. The third kappa shape index (κ3) is 4.71. The molecule has 1 saturated heterocycles. The molecule has 1 saturated carbocycles. The molecule has 0 spiro atoms. The van der Waals surface area contributed by atoms with Gasteiger partial charge in [-0.1, -0.05) is 36.8 Å². The van der Waals surface area contributed by atoms with Crippen LogP contribution in [0, 0.1) is 12.8 Å². The lowest BCUT2D eigenvalue weighted by atomic mass is 9.99. The molecule has 3 rings (SSSR count). The van der Waals surface area contributed by atoms with Gasteiger partial charge in [0.1, 0.15) is 0 Å². The molecule has 1 aromatic rings. The molecule has 2 N–H and O–H groups in total. The van der Waals surface area contributed by atoms with Crippen molar-refractivity contribution < 1.29 is 9.53 Å². The molecule has 2 fully saturated rings. The zero-order chi connectivity index (χ0) is 16.2. The summed E-state index contributed by atoms with van der Waals surface area (Å²) >= 11 is 0. The Labute approximate surface area is 139 Å². The number of aryl methyl sites for hydroxylation is 1. The van der Waals surface area contributed by atoms with Crippen molar-refractivity contribution in [3.8, 4) is 0 Å². The number of amides is 2. The van der Waals surface area contributed by atoms with Crippen LogP contribution >= 0.6 is 0 Å². The molecule has 1 aromatic carbocycles. The van der Waals surface area contributed by atoms with E-state index in [4.69, 9.17) is 4.74 Å². The number of rotatable bonds is 5. The van der Waals surface area contributed by atoms with Crippen molar-refractivity contribution in [1.82, 2.24) is 10.6 Å². The molecular weight excluding hydrogens is 288 g/mol. The smallest absolute Gasteiger partial charge is 0.315 e. The maximum absolute atomic E-state index is 12.1. The van der Waals surface area contributed by atoms with Crippen LogP contribution in [0.4, 0.5) is 4.79 Å². The number of carbonyl (C=O) groups is 1. The topological polar surface area (TPSA) is 50.4 Å². The second-order valence-electron chi connectivity index (χ2n) is 7.14. The van der Waals surface area contributed by atoms with Gasteiger partial charge in [-0.3, -0.25) is 0 Å². The Bertz CT molecular complexity index is 542. The highest BCUT2D eigenvalue weighted by Crippen LogP contribution is 2.38. The molecule has 1 aliphatic heterocycles. The largest absolute Gasteiger partial charge is 0.378 e. The van der Waals surface area contributed by atoms with Crippen LogP contribution in [0.1, 0.15) is 49.7 Å². The number of hydrogen-bond acceptors (Lipinski definition) is 2. The monoisotopic (exact) mass is 316 g/mol. The average Bonchev–Trinajstić information content (AvgIpc) is 3.38. The molecule has 1 heterocycles. The summed E-state index contributed by atoms with van der Waals surface area (Å²) in [5, 5.41) is 6.14. The summed E-state index contributed by atoms with van der Waals surface area (Å²) in [5.74, 6) is 1.05. The number of ether oxygens (including phenoxy) is 1. The van der Waals surface area contributed by atoms with Crippen LogP contribution in [0.5, 0.6) is 0 Å². The van der Waals surface area contributed by atoms with Gasteiger partial charge in [-0.2, -0.15) is 0 Å². The molecule has 3 atom stereocenters. The van der Waals surface area contributed by atoms with Crippen molar-refractivity contribution in [2.24, 2.45) is 5.92 Å². The van der Waals surface area contributed by atoms with Crippen molar-refractivity contribution in [2.45, 2.75) is 57.6 Å². The molecule has 4 heteroatoms. The molecule has 0 unspecified atom stereocenters. The lowest BCUT2D eigenvalue weighted by Crippen LogP contribution is -2.47. The molecule has 23 heavy (non-hydrogen) atoms. The zero-order valence-electron chi connectivity index (χ0n) is 14.2. The fourth-order valence-corrected chi connectivity index (χ4v) is 3.33. The van der Waals surface area contributed by atoms with Crippen LogP contribution < -0.4 is 10.6 Å². The van der Waals surface area contributed by atoms with Crippen molar-refractivity contribution in [3.05, 3.63) is 35.4 Å². The van der Waals surface area contributed by atoms with E-state index in [1.807, 2.05) is 0 Å². The minimum atomic E-state index is -0.0500. The van der Waals surface area contributed by atoms with Gasteiger partial charge in [-0.05, 0) is 50.0 Å². The lowest BCUT2D eigenvalue weighted by Gasteiger charge is -2.30. The quantitative estimate of drug-likeness (QED) is 0.875. The van der Waals surface area contributed by atoms with Crippen molar-refractivity contribution in [3.63, 3.8) is 0 Å². The first-order valence-corrected chi connectivity index (χ1v) is 8.84. The summed E-state index contributed by atoms with van der Waals surface area (Å²) in [6.45, 7) is 5.67. The second-order valence-corrected chi connectivity index (χ2v) is 7.14. The van der Waals surface area contributed by atoms with Crippen LogP contribution in [0.15, 0.2) is 24.3 Å². The molecule has 0 aromatic heterocycles. The third-order valence-corrected chi connectivity index (χ3v) is 4.98. The highest BCUT2D eigenvalue weighted by atomic mass is 16.5. The number of nitrogens with one attached hydrogen (secondary N) is 2. The van der Waals surface area contributed by atoms with E-state index < -0.39 is 0 Å². The first kappa shape index (κ1) is 16.3. The fourth-order valence-electron chi connectivity index (χ4n) is 3.33. The van der Waals surface area contributed by atoms with Crippen LogP contribution in [0.25, 0.3) is 0 Å². The SMILES string of the molecule is Cc1cccc([C@H](C)CNC(=O)N[C@H]2CCO[C@H](C3CC3)C2)c1. The Morgan fingerprint density at radius 2 is 2.17 bits per heavy atom. The average molecular weight is 316 g/mol. The summed E-state index contributed by atoms with van der Waals surface area (Å²) in [6.07, 6.45) is 4.82. The molecule has 0 bridgehead atoms. The molecule has 1 aliphatic carbocycles. The fraction of sp³-hybridized carbons (Fsp3) is 0.632.